The SMILES string of the molecule is O=C(C(Sc1ccc(S(=O)(=O)N2CCOCC2)cn1)c1ccccc1)N1CCOCC1. The second-order valence-electron chi connectivity index (χ2n) is 7.19. The van der Waals surface area contributed by atoms with Gasteiger partial charge < -0.3 is 14.4 Å². The van der Waals surface area contributed by atoms with Gasteiger partial charge in [0.05, 0.1) is 31.5 Å². The van der Waals surface area contributed by atoms with Crippen LogP contribution in [0.1, 0.15) is 10.8 Å². The minimum atomic E-state index is -3.60. The first kappa shape index (κ1) is 22.2. The molecule has 0 radical (unpaired) electrons. The van der Waals surface area contributed by atoms with Crippen LogP contribution in [0.25, 0.3) is 0 Å². The fraction of sp³-hybridized carbons (Fsp3) is 0.429. The van der Waals surface area contributed by atoms with E-state index in [0.29, 0.717) is 57.6 Å². The number of pyridine rings is 1. The molecule has 3 heterocycles. The number of sulfonamides is 1. The van der Waals surface area contributed by atoms with Crippen LogP contribution in [0, 0.1) is 0 Å². The largest absolute Gasteiger partial charge is 0.379 e. The summed E-state index contributed by atoms with van der Waals surface area (Å²) in [6.45, 7) is 3.65. The molecule has 2 aromatic rings. The summed E-state index contributed by atoms with van der Waals surface area (Å²) in [5, 5.41) is 0.130. The predicted molar refractivity (Wildman–Crippen MR) is 116 cm³/mol. The van der Waals surface area contributed by atoms with Crippen LogP contribution in [0.3, 0.4) is 0 Å². The lowest BCUT2D eigenvalue weighted by atomic mass is 10.1. The van der Waals surface area contributed by atoms with E-state index < -0.39 is 15.3 Å². The molecule has 2 aliphatic rings. The van der Waals surface area contributed by atoms with Gasteiger partial charge in [0, 0.05) is 32.4 Å². The van der Waals surface area contributed by atoms with Gasteiger partial charge in [-0.1, -0.05) is 42.1 Å². The summed E-state index contributed by atoms with van der Waals surface area (Å²) in [4.78, 5) is 19.6. The minimum Gasteiger partial charge on any atom is -0.379 e. The number of thioether (sulfide) groups is 1. The molecule has 0 aliphatic carbocycles. The second-order valence-corrected chi connectivity index (χ2v) is 10.3. The maximum Gasteiger partial charge on any atom is 0.244 e. The van der Waals surface area contributed by atoms with Gasteiger partial charge in [-0.3, -0.25) is 4.79 Å². The van der Waals surface area contributed by atoms with Crippen molar-refractivity contribution in [3.63, 3.8) is 0 Å². The molecule has 2 saturated heterocycles. The molecule has 0 spiro atoms. The maximum atomic E-state index is 13.2. The van der Waals surface area contributed by atoms with Crippen molar-refractivity contribution in [2.45, 2.75) is 15.2 Å². The van der Waals surface area contributed by atoms with E-state index in [-0.39, 0.29) is 10.8 Å². The number of morpholine rings is 2. The topological polar surface area (TPSA) is 89.0 Å². The smallest absolute Gasteiger partial charge is 0.244 e. The third-order valence-electron chi connectivity index (χ3n) is 5.21. The highest BCUT2D eigenvalue weighted by atomic mass is 32.2. The number of rotatable bonds is 6. The zero-order valence-electron chi connectivity index (χ0n) is 17.1. The van der Waals surface area contributed by atoms with E-state index in [2.05, 4.69) is 4.98 Å². The zero-order valence-corrected chi connectivity index (χ0v) is 18.7. The van der Waals surface area contributed by atoms with Gasteiger partial charge in [0.15, 0.2) is 0 Å². The van der Waals surface area contributed by atoms with E-state index in [1.165, 1.54) is 22.3 Å². The monoisotopic (exact) mass is 463 g/mol. The zero-order chi connectivity index (χ0) is 21.7. The van der Waals surface area contributed by atoms with Crippen LogP contribution in [0.2, 0.25) is 0 Å². The number of carbonyl (C=O) groups excluding carboxylic acids is 1. The van der Waals surface area contributed by atoms with Crippen LogP contribution < -0.4 is 0 Å². The van der Waals surface area contributed by atoms with Gasteiger partial charge in [-0.2, -0.15) is 4.31 Å². The van der Waals surface area contributed by atoms with E-state index in [4.69, 9.17) is 9.47 Å². The van der Waals surface area contributed by atoms with Crippen molar-refractivity contribution >= 4 is 27.7 Å². The van der Waals surface area contributed by atoms with Crippen LogP contribution >= 0.6 is 11.8 Å². The minimum absolute atomic E-state index is 0.00585. The van der Waals surface area contributed by atoms with Crippen molar-refractivity contribution in [2.24, 2.45) is 0 Å². The molecule has 1 aromatic carbocycles. The molecule has 0 saturated carbocycles. The van der Waals surface area contributed by atoms with Gasteiger partial charge >= 0.3 is 0 Å². The molecule has 2 aliphatic heterocycles. The summed E-state index contributed by atoms with van der Waals surface area (Å²) < 4.78 is 37.6. The van der Waals surface area contributed by atoms with Gasteiger partial charge in [-0.05, 0) is 17.7 Å². The van der Waals surface area contributed by atoms with Crippen LogP contribution in [-0.2, 0) is 24.3 Å². The summed E-state index contributed by atoms with van der Waals surface area (Å²) >= 11 is 1.33. The molecule has 0 N–H and O–H groups in total. The predicted octanol–water partition coefficient (Wildman–Crippen LogP) is 1.79. The lowest BCUT2D eigenvalue weighted by Gasteiger charge is -2.30. The van der Waals surface area contributed by atoms with Crippen molar-refractivity contribution in [3.05, 3.63) is 54.2 Å². The van der Waals surface area contributed by atoms with Crippen LogP contribution in [0.5, 0.6) is 0 Å². The summed E-state index contributed by atoms with van der Waals surface area (Å²) in [6.07, 6.45) is 1.37. The molecule has 31 heavy (non-hydrogen) atoms. The Morgan fingerprint density at radius 2 is 1.58 bits per heavy atom. The van der Waals surface area contributed by atoms with Crippen molar-refractivity contribution in [1.29, 1.82) is 0 Å². The highest BCUT2D eigenvalue weighted by molar-refractivity contribution is 8.00. The lowest BCUT2D eigenvalue weighted by molar-refractivity contribution is -0.134. The van der Waals surface area contributed by atoms with Gasteiger partial charge in [0.25, 0.3) is 0 Å². The van der Waals surface area contributed by atoms with Gasteiger partial charge in [0.1, 0.15) is 10.1 Å². The molecule has 1 amide bonds. The number of benzene rings is 1. The maximum absolute atomic E-state index is 13.2. The quantitative estimate of drug-likeness (QED) is 0.604. The summed E-state index contributed by atoms with van der Waals surface area (Å²) in [5.41, 5.74) is 0.885. The Balaban J connectivity index is 1.53. The molecule has 8 nitrogen and oxygen atoms in total. The molecule has 0 bridgehead atoms. The molecule has 1 atom stereocenters. The van der Waals surface area contributed by atoms with E-state index in [0.717, 1.165) is 5.56 Å². The number of hydrogen-bond acceptors (Lipinski definition) is 7. The molecule has 1 aromatic heterocycles. The lowest BCUT2D eigenvalue weighted by Crippen LogP contribution is -2.42. The van der Waals surface area contributed by atoms with Crippen molar-refractivity contribution < 1.29 is 22.7 Å². The van der Waals surface area contributed by atoms with Crippen molar-refractivity contribution in [3.8, 4) is 0 Å². The first-order valence-corrected chi connectivity index (χ1v) is 12.5. The fourth-order valence-corrected chi connectivity index (χ4v) is 5.88. The van der Waals surface area contributed by atoms with Crippen molar-refractivity contribution in [1.82, 2.24) is 14.2 Å². The highest BCUT2D eigenvalue weighted by Crippen LogP contribution is 2.36. The molecule has 10 heteroatoms. The third-order valence-corrected chi connectivity index (χ3v) is 8.28. The van der Waals surface area contributed by atoms with Crippen LogP contribution in [0.15, 0.2) is 58.6 Å². The first-order valence-electron chi connectivity index (χ1n) is 10.2. The second kappa shape index (κ2) is 10.1. The number of carbonyl (C=O) groups is 1. The molecule has 166 valence electrons. The van der Waals surface area contributed by atoms with E-state index in [9.17, 15) is 13.2 Å². The first-order chi connectivity index (χ1) is 15.1. The Morgan fingerprint density at radius 1 is 0.935 bits per heavy atom. The van der Waals surface area contributed by atoms with E-state index in [1.54, 1.807) is 12.1 Å². The molecule has 1 unspecified atom stereocenters. The Bertz CT molecular complexity index is 974. The molecular formula is C21H25N3O5S2. The van der Waals surface area contributed by atoms with Crippen LogP contribution in [0.4, 0.5) is 0 Å². The molecule has 4 rings (SSSR count). The van der Waals surface area contributed by atoms with Gasteiger partial charge in [-0.15, -0.1) is 0 Å². The normalized spacial score (nSPS) is 19.2. The Hall–Kier alpha value is -1.98. The van der Waals surface area contributed by atoms with E-state index >= 15 is 0 Å². The standard InChI is InChI=1S/C21H25N3O5S2/c25-21(23-8-12-28-13-9-23)20(17-4-2-1-3-5-17)30-19-7-6-18(16-22-19)31(26,27)24-10-14-29-15-11-24/h1-7,16,20H,8-15H2. The fourth-order valence-electron chi connectivity index (χ4n) is 3.48. The number of amides is 1. The summed E-state index contributed by atoms with van der Waals surface area (Å²) in [5.74, 6) is 0.00585. The molecular weight excluding hydrogens is 438 g/mol. The Labute approximate surface area is 186 Å². The Kier molecular flexibility index (Phi) is 7.24. The summed E-state index contributed by atoms with van der Waals surface area (Å²) in [6, 6.07) is 12.8. The summed E-state index contributed by atoms with van der Waals surface area (Å²) in [7, 11) is -3.60. The van der Waals surface area contributed by atoms with Gasteiger partial charge in [0.2, 0.25) is 15.9 Å². The van der Waals surface area contributed by atoms with Crippen LogP contribution in [-0.4, -0.2) is 81.1 Å². The molecule has 2 fully saturated rings. The van der Waals surface area contributed by atoms with Crippen molar-refractivity contribution in [2.75, 3.05) is 52.6 Å². The number of hydrogen-bond donors (Lipinski definition) is 0. The number of nitrogens with zero attached hydrogens (tertiary/aromatic N) is 3. The number of aromatic nitrogens is 1. The number of ether oxygens (including phenoxy) is 2. The highest BCUT2D eigenvalue weighted by Gasteiger charge is 2.30. The Morgan fingerprint density at radius 3 is 2.19 bits per heavy atom. The van der Waals surface area contributed by atoms with E-state index in [1.807, 2.05) is 35.2 Å². The average molecular weight is 464 g/mol. The average Bonchev–Trinajstić information content (AvgIpc) is 2.84. The van der Waals surface area contributed by atoms with Gasteiger partial charge in [-0.25, -0.2) is 13.4 Å². The third kappa shape index (κ3) is 5.27.